The molecule has 1 aromatic carbocycles. The van der Waals surface area contributed by atoms with Gasteiger partial charge in [0.25, 0.3) is 0 Å². The number of carbonyl (C=O) groups excluding carboxylic acids is 1. The number of hydrogen-bond donors (Lipinski definition) is 3. The highest BCUT2D eigenvalue weighted by Crippen LogP contribution is 2.58. The van der Waals surface area contributed by atoms with Gasteiger partial charge in [-0.25, -0.2) is 0 Å². The fraction of sp³-hybridized carbons (Fsp3) is 0.571. The zero-order valence-electron chi connectivity index (χ0n) is 15.6. The highest BCUT2D eigenvalue weighted by atomic mass is 16.2. The fourth-order valence-corrected chi connectivity index (χ4v) is 4.71. The summed E-state index contributed by atoms with van der Waals surface area (Å²) in [4.78, 5) is 16.2. The first-order valence-electron chi connectivity index (χ1n) is 9.63. The summed E-state index contributed by atoms with van der Waals surface area (Å²) in [7, 11) is 0. The van der Waals surface area contributed by atoms with Gasteiger partial charge in [-0.3, -0.25) is 4.79 Å². The molecule has 0 bridgehead atoms. The minimum absolute atomic E-state index is 0.228. The second-order valence-electron chi connectivity index (χ2n) is 8.02. The number of H-pyrrole nitrogens is 1. The van der Waals surface area contributed by atoms with Crippen molar-refractivity contribution in [1.82, 2.24) is 15.6 Å². The Labute approximate surface area is 149 Å². The molecule has 1 atom stereocenters. The van der Waals surface area contributed by atoms with Crippen molar-refractivity contribution in [3.63, 3.8) is 0 Å². The summed E-state index contributed by atoms with van der Waals surface area (Å²) >= 11 is 0. The predicted octanol–water partition coefficient (Wildman–Crippen LogP) is 3.35. The van der Waals surface area contributed by atoms with Gasteiger partial charge in [0.1, 0.15) is 0 Å². The smallest absolute Gasteiger partial charge is 0.223 e. The minimum Gasteiger partial charge on any atom is -0.358 e. The Morgan fingerprint density at radius 3 is 2.76 bits per heavy atom. The van der Waals surface area contributed by atoms with Crippen molar-refractivity contribution < 1.29 is 4.79 Å². The van der Waals surface area contributed by atoms with Gasteiger partial charge in [-0.2, -0.15) is 0 Å². The van der Waals surface area contributed by atoms with Crippen molar-refractivity contribution in [2.24, 2.45) is 11.3 Å². The first kappa shape index (κ1) is 16.6. The Hall–Kier alpha value is -1.81. The van der Waals surface area contributed by atoms with Crippen LogP contribution in [0, 0.1) is 25.2 Å². The maximum Gasteiger partial charge on any atom is 0.223 e. The molecule has 0 unspecified atom stereocenters. The average Bonchev–Trinajstić information content (AvgIpc) is 3.20. The number of aromatic amines is 1. The van der Waals surface area contributed by atoms with E-state index in [2.05, 4.69) is 48.5 Å². The zero-order chi connectivity index (χ0) is 17.6. The Bertz CT molecular complexity index is 814. The third-order valence-corrected chi connectivity index (χ3v) is 6.41. The van der Waals surface area contributed by atoms with E-state index in [0.29, 0.717) is 12.0 Å². The van der Waals surface area contributed by atoms with Crippen LogP contribution in [-0.4, -0.2) is 24.0 Å². The van der Waals surface area contributed by atoms with Crippen molar-refractivity contribution in [3.8, 4) is 0 Å². The van der Waals surface area contributed by atoms with Crippen LogP contribution in [0.25, 0.3) is 10.9 Å². The molecule has 1 aliphatic heterocycles. The number of nitrogens with one attached hydrogen (secondary N) is 3. The van der Waals surface area contributed by atoms with Gasteiger partial charge in [0.2, 0.25) is 5.91 Å². The van der Waals surface area contributed by atoms with Crippen LogP contribution in [0.15, 0.2) is 12.1 Å². The number of piperidine rings is 1. The van der Waals surface area contributed by atoms with E-state index in [-0.39, 0.29) is 11.8 Å². The quantitative estimate of drug-likeness (QED) is 0.800. The Morgan fingerprint density at radius 1 is 1.28 bits per heavy atom. The van der Waals surface area contributed by atoms with Crippen molar-refractivity contribution >= 4 is 16.8 Å². The number of aryl methyl sites for hydroxylation is 3. The maximum absolute atomic E-state index is 12.7. The summed E-state index contributed by atoms with van der Waals surface area (Å²) in [5, 5.41) is 7.91. The van der Waals surface area contributed by atoms with Crippen LogP contribution >= 0.6 is 0 Å². The standard InChI is InChI=1S/C21H29N3O/c1-4-18-14(3)16-10-13(2)9-15(19(16)24-18)12-23-20(25)17-11-21(17)5-7-22-8-6-21/h9-10,17,22,24H,4-8,11-12H2,1-3H3,(H,23,25)/t17-/m0/s1. The van der Waals surface area contributed by atoms with Crippen LogP contribution < -0.4 is 10.6 Å². The van der Waals surface area contributed by atoms with Crippen molar-refractivity contribution in [2.45, 2.75) is 53.0 Å². The first-order chi connectivity index (χ1) is 12.0. The molecule has 1 saturated carbocycles. The SMILES string of the molecule is CCc1[nH]c2c(CNC(=O)[C@@H]3CC34CCNCC4)cc(C)cc2c1C. The molecule has 1 amide bonds. The topological polar surface area (TPSA) is 56.9 Å². The molecular weight excluding hydrogens is 310 g/mol. The minimum atomic E-state index is 0.228. The second kappa shape index (κ2) is 6.17. The van der Waals surface area contributed by atoms with Crippen molar-refractivity contribution in [1.29, 1.82) is 0 Å². The number of rotatable bonds is 4. The zero-order valence-corrected chi connectivity index (χ0v) is 15.6. The van der Waals surface area contributed by atoms with Crippen LogP contribution in [0.4, 0.5) is 0 Å². The molecule has 4 nitrogen and oxygen atoms in total. The van der Waals surface area contributed by atoms with Gasteiger partial charge in [0.15, 0.2) is 0 Å². The molecule has 0 radical (unpaired) electrons. The Balaban J connectivity index is 1.50. The van der Waals surface area contributed by atoms with Gasteiger partial charge in [-0.05, 0) is 75.2 Å². The Kier molecular flexibility index (Phi) is 4.11. The number of hydrogen-bond acceptors (Lipinski definition) is 2. The lowest BCUT2D eigenvalue weighted by Crippen LogP contribution is -2.33. The van der Waals surface area contributed by atoms with E-state index in [4.69, 9.17) is 0 Å². The van der Waals surface area contributed by atoms with E-state index >= 15 is 0 Å². The normalized spacial score (nSPS) is 21.6. The summed E-state index contributed by atoms with van der Waals surface area (Å²) in [6, 6.07) is 4.45. The van der Waals surface area contributed by atoms with E-state index in [9.17, 15) is 4.79 Å². The van der Waals surface area contributed by atoms with Crippen LogP contribution in [0.5, 0.6) is 0 Å². The highest BCUT2D eigenvalue weighted by Gasteiger charge is 2.57. The number of aromatic nitrogens is 1. The van der Waals surface area contributed by atoms with Gasteiger partial charge >= 0.3 is 0 Å². The molecule has 3 N–H and O–H groups in total. The summed E-state index contributed by atoms with van der Waals surface area (Å²) in [5.41, 5.74) is 6.57. The highest BCUT2D eigenvalue weighted by molar-refractivity contribution is 5.89. The molecule has 4 heteroatoms. The molecule has 134 valence electrons. The number of fused-ring (bicyclic) bond motifs is 1. The molecule has 2 aromatic rings. The van der Waals surface area contributed by atoms with Crippen LogP contribution in [0.1, 0.15) is 48.6 Å². The number of amides is 1. The third kappa shape index (κ3) is 2.86. The lowest BCUT2D eigenvalue weighted by atomic mass is 9.92. The number of benzene rings is 1. The molecule has 2 heterocycles. The molecule has 25 heavy (non-hydrogen) atoms. The lowest BCUT2D eigenvalue weighted by Gasteiger charge is -2.23. The van der Waals surface area contributed by atoms with Crippen molar-refractivity contribution in [3.05, 3.63) is 34.5 Å². The second-order valence-corrected chi connectivity index (χ2v) is 8.02. The summed E-state index contributed by atoms with van der Waals surface area (Å²) in [6.07, 6.45) is 4.38. The molecule has 1 saturated heterocycles. The summed E-state index contributed by atoms with van der Waals surface area (Å²) in [6.45, 7) is 9.23. The summed E-state index contributed by atoms with van der Waals surface area (Å²) < 4.78 is 0. The molecule has 2 fully saturated rings. The third-order valence-electron chi connectivity index (χ3n) is 6.41. The molecule has 1 aliphatic carbocycles. The lowest BCUT2D eigenvalue weighted by molar-refractivity contribution is -0.123. The van der Waals surface area contributed by atoms with E-state index in [1.54, 1.807) is 0 Å². The molecule has 1 aromatic heterocycles. The molecule has 2 aliphatic rings. The predicted molar refractivity (Wildman–Crippen MR) is 102 cm³/mol. The van der Waals surface area contributed by atoms with E-state index in [0.717, 1.165) is 38.8 Å². The average molecular weight is 339 g/mol. The largest absolute Gasteiger partial charge is 0.358 e. The first-order valence-corrected chi connectivity index (χ1v) is 9.63. The molecule has 1 spiro atoms. The van der Waals surface area contributed by atoms with Gasteiger partial charge < -0.3 is 15.6 Å². The van der Waals surface area contributed by atoms with Gasteiger partial charge in [-0.15, -0.1) is 0 Å². The molecular formula is C21H29N3O. The van der Waals surface area contributed by atoms with Gasteiger partial charge in [-0.1, -0.05) is 18.6 Å². The fourth-order valence-electron chi connectivity index (χ4n) is 4.71. The Morgan fingerprint density at radius 2 is 2.04 bits per heavy atom. The molecule has 4 rings (SSSR count). The van der Waals surface area contributed by atoms with E-state index in [1.807, 2.05) is 0 Å². The number of carbonyl (C=O) groups is 1. The maximum atomic E-state index is 12.7. The van der Waals surface area contributed by atoms with E-state index in [1.165, 1.54) is 33.3 Å². The van der Waals surface area contributed by atoms with E-state index < -0.39 is 0 Å². The summed E-state index contributed by atoms with van der Waals surface area (Å²) in [5.74, 6) is 0.474. The van der Waals surface area contributed by atoms with Crippen LogP contribution in [-0.2, 0) is 17.8 Å². The monoisotopic (exact) mass is 339 g/mol. The van der Waals surface area contributed by atoms with Crippen LogP contribution in [0.2, 0.25) is 0 Å². The van der Waals surface area contributed by atoms with Crippen molar-refractivity contribution in [2.75, 3.05) is 13.1 Å². The van der Waals surface area contributed by atoms with Gasteiger partial charge in [0.05, 0.1) is 5.52 Å². The van der Waals surface area contributed by atoms with Gasteiger partial charge in [0, 0.05) is 23.5 Å². The van der Waals surface area contributed by atoms with Crippen LogP contribution in [0.3, 0.4) is 0 Å².